The summed E-state index contributed by atoms with van der Waals surface area (Å²) < 4.78 is 29.6. The first-order chi connectivity index (χ1) is 14.9. The van der Waals surface area contributed by atoms with Gasteiger partial charge in [-0.1, -0.05) is 29.8 Å². The van der Waals surface area contributed by atoms with Gasteiger partial charge >= 0.3 is 5.97 Å². The van der Waals surface area contributed by atoms with E-state index >= 15 is 0 Å². The van der Waals surface area contributed by atoms with Gasteiger partial charge in [0.25, 0.3) is 5.91 Å². The van der Waals surface area contributed by atoms with E-state index in [1.54, 1.807) is 12.1 Å². The van der Waals surface area contributed by atoms with E-state index in [2.05, 4.69) is 5.32 Å². The van der Waals surface area contributed by atoms with Gasteiger partial charge in [-0.3, -0.25) is 4.79 Å². The van der Waals surface area contributed by atoms with E-state index in [1.807, 2.05) is 24.3 Å². The second kappa shape index (κ2) is 8.28. The first-order valence-corrected chi connectivity index (χ1v) is 9.71. The van der Waals surface area contributed by atoms with Crippen molar-refractivity contribution < 1.29 is 27.9 Å². The van der Waals surface area contributed by atoms with Crippen molar-refractivity contribution in [1.29, 1.82) is 0 Å². The molecule has 158 valence electrons. The van der Waals surface area contributed by atoms with Crippen molar-refractivity contribution in [2.45, 2.75) is 13.0 Å². The van der Waals surface area contributed by atoms with Crippen molar-refractivity contribution in [3.05, 3.63) is 71.0 Å². The van der Waals surface area contributed by atoms with Crippen LogP contribution in [0.5, 0.6) is 5.75 Å². The Bertz CT molecular complexity index is 1320. The fourth-order valence-corrected chi connectivity index (χ4v) is 3.43. The maximum Gasteiger partial charge on any atom is 0.340 e. The second-order valence-electron chi connectivity index (χ2n) is 6.81. The summed E-state index contributed by atoms with van der Waals surface area (Å²) in [6.45, 7) is 1.41. The summed E-state index contributed by atoms with van der Waals surface area (Å²) in [5.74, 6) is -1.58. The van der Waals surface area contributed by atoms with E-state index in [-0.39, 0.29) is 10.6 Å². The van der Waals surface area contributed by atoms with Crippen molar-refractivity contribution >= 4 is 51.1 Å². The molecule has 4 aromatic rings. The van der Waals surface area contributed by atoms with Crippen molar-refractivity contribution in [2.24, 2.45) is 0 Å². The number of rotatable bonds is 5. The number of fused-ring (bicyclic) bond motifs is 3. The Labute approximate surface area is 181 Å². The van der Waals surface area contributed by atoms with Crippen molar-refractivity contribution in [2.75, 3.05) is 12.4 Å². The molecule has 0 radical (unpaired) electrons. The van der Waals surface area contributed by atoms with E-state index in [0.29, 0.717) is 22.6 Å². The fourth-order valence-electron chi connectivity index (χ4n) is 3.18. The van der Waals surface area contributed by atoms with E-state index in [4.69, 9.17) is 25.5 Å². The summed E-state index contributed by atoms with van der Waals surface area (Å²) >= 11 is 5.88. The van der Waals surface area contributed by atoms with Gasteiger partial charge in [0, 0.05) is 16.8 Å². The number of halogens is 2. The van der Waals surface area contributed by atoms with Gasteiger partial charge in [-0.15, -0.1) is 0 Å². The van der Waals surface area contributed by atoms with Crippen LogP contribution in [0.15, 0.2) is 59.0 Å². The molecule has 1 heterocycles. The molecule has 1 atom stereocenters. The molecule has 0 bridgehead atoms. The lowest BCUT2D eigenvalue weighted by atomic mass is 10.1. The molecule has 1 amide bonds. The molecule has 0 saturated carbocycles. The molecule has 0 aliphatic heterocycles. The number of carbonyl (C=O) groups excluding carboxylic acids is 2. The van der Waals surface area contributed by atoms with Gasteiger partial charge in [0.2, 0.25) is 0 Å². The molecule has 8 heteroatoms. The van der Waals surface area contributed by atoms with Gasteiger partial charge in [0.1, 0.15) is 22.7 Å². The third-order valence-electron chi connectivity index (χ3n) is 4.76. The first-order valence-electron chi connectivity index (χ1n) is 9.33. The predicted octanol–water partition coefficient (Wildman–Crippen LogP) is 5.57. The minimum Gasteiger partial charge on any atom is -0.495 e. The zero-order valence-corrected chi connectivity index (χ0v) is 17.3. The first kappa shape index (κ1) is 20.7. The highest BCUT2D eigenvalue weighted by molar-refractivity contribution is 6.33. The molecular weight excluding hydrogens is 425 g/mol. The zero-order chi connectivity index (χ0) is 22.1. The van der Waals surface area contributed by atoms with E-state index in [9.17, 15) is 14.0 Å². The third-order valence-corrected chi connectivity index (χ3v) is 5.07. The highest BCUT2D eigenvalue weighted by Crippen LogP contribution is 2.36. The number of amides is 1. The van der Waals surface area contributed by atoms with Crippen molar-refractivity contribution in [3.63, 3.8) is 0 Å². The van der Waals surface area contributed by atoms with Gasteiger partial charge in [0.05, 0.1) is 23.4 Å². The highest BCUT2D eigenvalue weighted by Gasteiger charge is 2.22. The topological polar surface area (TPSA) is 77.8 Å². The van der Waals surface area contributed by atoms with E-state index in [0.717, 1.165) is 22.9 Å². The number of carbonyl (C=O) groups is 2. The molecule has 0 aliphatic rings. The number of furan rings is 1. The predicted molar refractivity (Wildman–Crippen MR) is 115 cm³/mol. The number of esters is 1. The summed E-state index contributed by atoms with van der Waals surface area (Å²) in [5, 5.41) is 4.35. The maximum atomic E-state index is 13.2. The Morgan fingerprint density at radius 3 is 2.58 bits per heavy atom. The Kier molecular flexibility index (Phi) is 5.52. The second-order valence-corrected chi connectivity index (χ2v) is 7.22. The van der Waals surface area contributed by atoms with Crippen LogP contribution >= 0.6 is 11.6 Å². The van der Waals surface area contributed by atoms with Crippen LogP contribution in [0.3, 0.4) is 0 Å². The number of para-hydroxylation sites is 1. The van der Waals surface area contributed by atoms with Gasteiger partial charge in [0.15, 0.2) is 6.10 Å². The Morgan fingerprint density at radius 2 is 1.84 bits per heavy atom. The minimum absolute atomic E-state index is 0.0380. The summed E-state index contributed by atoms with van der Waals surface area (Å²) in [6, 6.07) is 14.3. The summed E-state index contributed by atoms with van der Waals surface area (Å²) in [7, 11) is 1.49. The molecular formula is C23H17ClFNO5. The number of anilines is 1. The minimum atomic E-state index is -1.15. The molecule has 1 aromatic heterocycles. The molecule has 31 heavy (non-hydrogen) atoms. The largest absolute Gasteiger partial charge is 0.495 e. The smallest absolute Gasteiger partial charge is 0.340 e. The van der Waals surface area contributed by atoms with Gasteiger partial charge in [-0.25, -0.2) is 9.18 Å². The zero-order valence-electron chi connectivity index (χ0n) is 16.6. The molecule has 0 saturated heterocycles. The molecule has 0 fully saturated rings. The standard InChI is InChI=1S/C23H17ClFNO5/c1-12(30-23(28)15-8-7-13(25)9-17(15)24)22(27)26-18-11-20-16(10-21(18)29-2)14-5-3-4-6-19(14)31-20/h3-12H,1-2H3,(H,26,27). The van der Waals surface area contributed by atoms with Crippen LogP contribution in [-0.2, 0) is 9.53 Å². The summed E-state index contributed by atoms with van der Waals surface area (Å²) in [4.78, 5) is 24.9. The number of hydrogen-bond donors (Lipinski definition) is 1. The van der Waals surface area contributed by atoms with Crippen molar-refractivity contribution in [1.82, 2.24) is 0 Å². The monoisotopic (exact) mass is 441 g/mol. The van der Waals surface area contributed by atoms with Gasteiger partial charge in [-0.2, -0.15) is 0 Å². The fraction of sp³-hybridized carbons (Fsp3) is 0.130. The van der Waals surface area contributed by atoms with E-state index < -0.39 is 23.8 Å². The number of hydrogen-bond acceptors (Lipinski definition) is 5. The van der Waals surface area contributed by atoms with Crippen LogP contribution < -0.4 is 10.1 Å². The lowest BCUT2D eigenvalue weighted by Gasteiger charge is -2.15. The average molecular weight is 442 g/mol. The highest BCUT2D eigenvalue weighted by atomic mass is 35.5. The molecule has 6 nitrogen and oxygen atoms in total. The van der Waals surface area contributed by atoms with Crippen LogP contribution in [0.1, 0.15) is 17.3 Å². The molecule has 1 N–H and O–H groups in total. The lowest BCUT2D eigenvalue weighted by molar-refractivity contribution is -0.123. The molecule has 1 unspecified atom stereocenters. The number of ether oxygens (including phenoxy) is 2. The third kappa shape index (κ3) is 4.04. The average Bonchev–Trinajstić information content (AvgIpc) is 3.10. The lowest BCUT2D eigenvalue weighted by Crippen LogP contribution is -2.30. The summed E-state index contributed by atoms with van der Waals surface area (Å²) in [5.41, 5.74) is 1.60. The number of methoxy groups -OCH3 is 1. The van der Waals surface area contributed by atoms with Crippen molar-refractivity contribution in [3.8, 4) is 5.75 Å². The molecule has 3 aromatic carbocycles. The quantitative estimate of drug-likeness (QED) is 0.409. The van der Waals surface area contributed by atoms with E-state index in [1.165, 1.54) is 20.1 Å². The van der Waals surface area contributed by atoms with Crippen LogP contribution in [0.2, 0.25) is 5.02 Å². The van der Waals surface area contributed by atoms with Crippen LogP contribution in [0.25, 0.3) is 21.9 Å². The summed E-state index contributed by atoms with van der Waals surface area (Å²) in [6.07, 6.45) is -1.15. The number of benzene rings is 3. The van der Waals surface area contributed by atoms with Gasteiger partial charge < -0.3 is 19.2 Å². The molecule has 0 spiro atoms. The Balaban J connectivity index is 1.55. The molecule has 4 rings (SSSR count). The van der Waals surface area contributed by atoms with Gasteiger partial charge in [-0.05, 0) is 37.3 Å². The Hall–Kier alpha value is -3.58. The SMILES string of the molecule is COc1cc2c(cc1NC(=O)C(C)OC(=O)c1ccc(F)cc1Cl)oc1ccccc12. The van der Waals surface area contributed by atoms with Crippen LogP contribution in [0.4, 0.5) is 10.1 Å². The molecule has 0 aliphatic carbocycles. The number of nitrogens with one attached hydrogen (secondary N) is 1. The van der Waals surface area contributed by atoms with Crippen LogP contribution in [0, 0.1) is 5.82 Å². The maximum absolute atomic E-state index is 13.2. The normalized spacial score (nSPS) is 12.0. The van der Waals surface area contributed by atoms with Crippen LogP contribution in [-0.4, -0.2) is 25.1 Å². The Morgan fingerprint density at radius 1 is 1.06 bits per heavy atom.